The van der Waals surface area contributed by atoms with E-state index in [1.165, 1.54) is 12.8 Å². The normalized spacial score (nSPS) is 15.2. The maximum absolute atomic E-state index is 6.09. The van der Waals surface area contributed by atoms with Crippen LogP contribution in [0.3, 0.4) is 0 Å². The summed E-state index contributed by atoms with van der Waals surface area (Å²) in [6.45, 7) is 2.35. The molecule has 1 fully saturated rings. The monoisotopic (exact) mass is 356 g/mol. The van der Waals surface area contributed by atoms with Gasteiger partial charge in [0.05, 0.1) is 0 Å². The van der Waals surface area contributed by atoms with Gasteiger partial charge in [0.1, 0.15) is 6.10 Å². The molecule has 140 valence electrons. The molecule has 2 heterocycles. The molecule has 0 atom stereocenters. The molecule has 2 N–H and O–H groups in total. The molecule has 3 rings (SSSR count). The Morgan fingerprint density at radius 2 is 2.15 bits per heavy atom. The van der Waals surface area contributed by atoms with E-state index in [-0.39, 0.29) is 0 Å². The smallest absolute Gasteiger partial charge is 0.218 e. The van der Waals surface area contributed by atoms with Crippen LogP contribution >= 0.6 is 0 Å². The van der Waals surface area contributed by atoms with Crippen LogP contribution < -0.4 is 15.4 Å². The van der Waals surface area contributed by atoms with Crippen molar-refractivity contribution in [1.82, 2.24) is 25.4 Å². The molecule has 7 nitrogen and oxygen atoms in total. The Kier molecular flexibility index (Phi) is 6.87. The number of pyridine rings is 1. The highest BCUT2D eigenvalue weighted by molar-refractivity contribution is 5.79. The van der Waals surface area contributed by atoms with Crippen molar-refractivity contribution in [3.05, 3.63) is 42.4 Å². The van der Waals surface area contributed by atoms with Crippen molar-refractivity contribution in [1.29, 1.82) is 0 Å². The van der Waals surface area contributed by atoms with Crippen LogP contribution in [0.1, 0.15) is 37.7 Å². The van der Waals surface area contributed by atoms with E-state index in [0.717, 1.165) is 49.8 Å². The van der Waals surface area contributed by atoms with Gasteiger partial charge in [-0.05, 0) is 44.2 Å². The van der Waals surface area contributed by atoms with Crippen molar-refractivity contribution in [2.24, 2.45) is 4.99 Å². The summed E-state index contributed by atoms with van der Waals surface area (Å²) in [6.07, 6.45) is 11.6. The van der Waals surface area contributed by atoms with E-state index in [9.17, 15) is 0 Å². The van der Waals surface area contributed by atoms with Gasteiger partial charge < -0.3 is 15.4 Å². The molecule has 2 aromatic rings. The Morgan fingerprint density at radius 3 is 2.92 bits per heavy atom. The third-order valence-electron chi connectivity index (χ3n) is 4.52. The molecule has 0 radical (unpaired) electrons. The summed E-state index contributed by atoms with van der Waals surface area (Å²) in [4.78, 5) is 8.70. The fourth-order valence-corrected chi connectivity index (χ4v) is 3.11. The lowest BCUT2D eigenvalue weighted by Crippen LogP contribution is -2.37. The predicted octanol–water partition coefficient (Wildman–Crippen LogP) is 2.35. The van der Waals surface area contributed by atoms with E-state index in [4.69, 9.17) is 4.74 Å². The zero-order valence-corrected chi connectivity index (χ0v) is 15.4. The van der Waals surface area contributed by atoms with E-state index in [1.807, 2.05) is 23.0 Å². The Labute approximate surface area is 154 Å². The van der Waals surface area contributed by atoms with Crippen LogP contribution in [0.25, 0.3) is 0 Å². The summed E-state index contributed by atoms with van der Waals surface area (Å²) in [5.74, 6) is 1.52. The number of aromatic nitrogens is 3. The van der Waals surface area contributed by atoms with Crippen molar-refractivity contribution >= 4 is 5.96 Å². The number of hydrogen-bond acceptors (Lipinski definition) is 4. The largest absolute Gasteiger partial charge is 0.474 e. The molecule has 26 heavy (non-hydrogen) atoms. The highest BCUT2D eigenvalue weighted by atomic mass is 16.5. The van der Waals surface area contributed by atoms with Crippen molar-refractivity contribution in [3.63, 3.8) is 0 Å². The van der Waals surface area contributed by atoms with Gasteiger partial charge in [-0.25, -0.2) is 4.98 Å². The number of hydrogen-bond donors (Lipinski definition) is 2. The fraction of sp³-hybridized carbons (Fsp3) is 0.526. The van der Waals surface area contributed by atoms with Crippen molar-refractivity contribution < 1.29 is 4.74 Å². The Hall–Kier alpha value is -2.57. The fourth-order valence-electron chi connectivity index (χ4n) is 3.11. The molecule has 1 aliphatic carbocycles. The van der Waals surface area contributed by atoms with Crippen molar-refractivity contribution in [3.8, 4) is 5.88 Å². The number of rotatable bonds is 8. The summed E-state index contributed by atoms with van der Waals surface area (Å²) in [7, 11) is 1.78. The standard InChI is InChI=1S/C19H28N6O/c1-20-19(22-11-5-13-25-14-6-12-24-25)23-15-16-7-4-10-21-18(16)26-17-8-2-3-9-17/h4,6-7,10,12,14,17H,2-3,5,8-9,11,13,15H2,1H3,(H2,20,22,23). The molecule has 0 aromatic carbocycles. The first kappa shape index (κ1) is 18.2. The molecule has 7 heteroatoms. The van der Waals surface area contributed by atoms with Crippen molar-refractivity contribution in [2.45, 2.75) is 51.3 Å². The second-order valence-electron chi connectivity index (χ2n) is 6.47. The molecule has 0 amide bonds. The van der Waals surface area contributed by atoms with Crippen LogP contribution in [-0.2, 0) is 13.1 Å². The summed E-state index contributed by atoms with van der Waals surface area (Å²) >= 11 is 0. The lowest BCUT2D eigenvalue weighted by Gasteiger charge is -2.16. The van der Waals surface area contributed by atoms with E-state index in [1.54, 1.807) is 19.4 Å². The first-order valence-electron chi connectivity index (χ1n) is 9.37. The molecule has 0 saturated heterocycles. The molecular formula is C19H28N6O. The highest BCUT2D eigenvalue weighted by Gasteiger charge is 2.18. The first-order valence-corrected chi connectivity index (χ1v) is 9.37. The van der Waals surface area contributed by atoms with E-state index in [0.29, 0.717) is 12.6 Å². The second kappa shape index (κ2) is 9.79. The maximum atomic E-state index is 6.09. The van der Waals surface area contributed by atoms with E-state index >= 15 is 0 Å². The summed E-state index contributed by atoms with van der Waals surface area (Å²) in [6, 6.07) is 5.93. The van der Waals surface area contributed by atoms with Crippen LogP contribution in [-0.4, -0.2) is 40.4 Å². The minimum absolute atomic E-state index is 0.309. The minimum atomic E-state index is 0.309. The average molecular weight is 356 g/mol. The molecule has 2 aromatic heterocycles. The molecule has 0 aliphatic heterocycles. The second-order valence-corrected chi connectivity index (χ2v) is 6.47. The Morgan fingerprint density at radius 1 is 1.27 bits per heavy atom. The number of ether oxygens (including phenoxy) is 1. The van der Waals surface area contributed by atoms with Gasteiger partial charge in [0, 0.05) is 50.8 Å². The van der Waals surface area contributed by atoms with Gasteiger partial charge >= 0.3 is 0 Å². The zero-order chi connectivity index (χ0) is 18.0. The molecule has 1 aliphatic rings. The zero-order valence-electron chi connectivity index (χ0n) is 15.4. The summed E-state index contributed by atoms with van der Waals surface area (Å²) in [5, 5.41) is 10.9. The maximum Gasteiger partial charge on any atom is 0.218 e. The lowest BCUT2D eigenvalue weighted by molar-refractivity contribution is 0.199. The van der Waals surface area contributed by atoms with Crippen LogP contribution in [0, 0.1) is 0 Å². The van der Waals surface area contributed by atoms with Crippen molar-refractivity contribution in [2.75, 3.05) is 13.6 Å². The topological polar surface area (TPSA) is 76.4 Å². The Bertz CT molecular complexity index is 679. The number of nitrogens with zero attached hydrogens (tertiary/aromatic N) is 4. The highest BCUT2D eigenvalue weighted by Crippen LogP contribution is 2.24. The molecular weight excluding hydrogens is 328 g/mol. The molecule has 0 bridgehead atoms. The number of nitrogens with one attached hydrogen (secondary N) is 2. The van der Waals surface area contributed by atoms with Crippen LogP contribution in [0.2, 0.25) is 0 Å². The van der Waals surface area contributed by atoms with Gasteiger partial charge in [0.25, 0.3) is 0 Å². The molecule has 0 unspecified atom stereocenters. The molecule has 0 spiro atoms. The number of aliphatic imine (C=N–C) groups is 1. The first-order chi connectivity index (χ1) is 12.8. The third kappa shape index (κ3) is 5.47. The van der Waals surface area contributed by atoms with Gasteiger partial charge in [-0.1, -0.05) is 6.07 Å². The van der Waals surface area contributed by atoms with Gasteiger partial charge in [-0.15, -0.1) is 0 Å². The number of guanidine groups is 1. The van der Waals surface area contributed by atoms with Crippen LogP contribution in [0.15, 0.2) is 41.8 Å². The van der Waals surface area contributed by atoms with E-state index < -0.39 is 0 Å². The van der Waals surface area contributed by atoms with E-state index in [2.05, 4.69) is 31.8 Å². The van der Waals surface area contributed by atoms with Gasteiger partial charge in [0.15, 0.2) is 5.96 Å². The SMILES string of the molecule is CN=C(NCCCn1cccn1)NCc1cccnc1OC1CCCC1. The Balaban J connectivity index is 1.44. The van der Waals surface area contributed by atoms with Gasteiger partial charge in [-0.3, -0.25) is 9.67 Å². The van der Waals surface area contributed by atoms with Gasteiger partial charge in [-0.2, -0.15) is 5.10 Å². The average Bonchev–Trinajstić information content (AvgIpc) is 3.36. The van der Waals surface area contributed by atoms with Crippen LogP contribution in [0.4, 0.5) is 0 Å². The molecule has 1 saturated carbocycles. The minimum Gasteiger partial charge on any atom is -0.474 e. The quantitative estimate of drug-likeness (QED) is 0.431. The predicted molar refractivity (Wildman–Crippen MR) is 102 cm³/mol. The van der Waals surface area contributed by atoms with Gasteiger partial charge in [0.2, 0.25) is 5.88 Å². The number of aryl methyl sites for hydroxylation is 1. The summed E-state index contributed by atoms with van der Waals surface area (Å²) < 4.78 is 8.02. The lowest BCUT2D eigenvalue weighted by atomic mass is 10.2. The summed E-state index contributed by atoms with van der Waals surface area (Å²) in [5.41, 5.74) is 1.05. The van der Waals surface area contributed by atoms with Crippen LogP contribution in [0.5, 0.6) is 5.88 Å². The third-order valence-corrected chi connectivity index (χ3v) is 4.52.